The van der Waals surface area contributed by atoms with Crippen LogP contribution in [0.2, 0.25) is 0 Å². The fourth-order valence-corrected chi connectivity index (χ4v) is 3.47. The van der Waals surface area contributed by atoms with Crippen LogP contribution in [0, 0.1) is 5.82 Å². The number of halogens is 1. The lowest BCUT2D eigenvalue weighted by Gasteiger charge is -2.13. The van der Waals surface area contributed by atoms with Gasteiger partial charge < -0.3 is 11.1 Å². The second kappa shape index (κ2) is 5.17. The van der Waals surface area contributed by atoms with Gasteiger partial charge in [-0.1, -0.05) is 18.2 Å². The maximum atomic E-state index is 13.2. The first-order valence-electron chi connectivity index (χ1n) is 6.23. The molecular formula is C15H13FN2OS. The molecule has 3 rings (SSSR count). The highest BCUT2D eigenvalue weighted by Crippen LogP contribution is 2.40. The maximum Gasteiger partial charge on any atom is 0.232 e. The highest BCUT2D eigenvalue weighted by Gasteiger charge is 2.29. The van der Waals surface area contributed by atoms with Gasteiger partial charge in [0.15, 0.2) is 0 Å². The van der Waals surface area contributed by atoms with Crippen LogP contribution in [-0.2, 0) is 4.79 Å². The van der Waals surface area contributed by atoms with Gasteiger partial charge in [0.2, 0.25) is 5.91 Å². The summed E-state index contributed by atoms with van der Waals surface area (Å²) in [7, 11) is 0. The molecule has 1 amide bonds. The van der Waals surface area contributed by atoms with Crippen molar-refractivity contribution in [1.82, 2.24) is 0 Å². The predicted molar refractivity (Wildman–Crippen MR) is 79.3 cm³/mol. The van der Waals surface area contributed by atoms with Crippen molar-refractivity contribution in [1.29, 1.82) is 0 Å². The molecule has 0 aliphatic carbocycles. The molecule has 0 spiro atoms. The molecular weight excluding hydrogens is 275 g/mol. The topological polar surface area (TPSA) is 55.1 Å². The number of thioether (sulfide) groups is 1. The zero-order valence-corrected chi connectivity index (χ0v) is 11.4. The summed E-state index contributed by atoms with van der Waals surface area (Å²) in [6.45, 7) is 0. The first-order chi connectivity index (χ1) is 9.65. The number of nitrogen functional groups attached to an aromatic ring is 1. The van der Waals surface area contributed by atoms with Gasteiger partial charge in [-0.3, -0.25) is 4.79 Å². The lowest BCUT2D eigenvalue weighted by atomic mass is 10.0. The number of nitrogens with one attached hydrogen (secondary N) is 1. The number of benzene rings is 2. The minimum atomic E-state index is -0.421. The summed E-state index contributed by atoms with van der Waals surface area (Å²) in [6.07, 6.45) is 0. The smallest absolute Gasteiger partial charge is 0.232 e. The van der Waals surface area contributed by atoms with Gasteiger partial charge in [0.05, 0.1) is 17.3 Å². The Morgan fingerprint density at radius 3 is 2.95 bits per heavy atom. The van der Waals surface area contributed by atoms with Gasteiger partial charge in [0, 0.05) is 10.6 Å². The number of hydrogen-bond acceptors (Lipinski definition) is 3. The third-order valence-corrected chi connectivity index (χ3v) is 4.47. The molecule has 102 valence electrons. The van der Waals surface area contributed by atoms with E-state index in [1.54, 1.807) is 11.8 Å². The Hall–Kier alpha value is -2.01. The summed E-state index contributed by atoms with van der Waals surface area (Å²) in [5.41, 5.74) is 7.45. The van der Waals surface area contributed by atoms with E-state index in [1.807, 2.05) is 24.3 Å². The van der Waals surface area contributed by atoms with E-state index in [-0.39, 0.29) is 11.8 Å². The van der Waals surface area contributed by atoms with Crippen LogP contribution < -0.4 is 11.1 Å². The predicted octanol–water partition coefficient (Wildman–Crippen LogP) is 3.24. The average molecular weight is 288 g/mol. The molecule has 1 unspecified atom stereocenters. The van der Waals surface area contributed by atoms with Gasteiger partial charge in [-0.25, -0.2) is 4.39 Å². The standard InChI is InChI=1S/C15H13FN2OS/c16-9-5-6-12(17)13(7-9)18-15(19)11-8-20-14-4-2-1-3-10(11)14/h1-7,11H,8,17H2,(H,18,19). The van der Waals surface area contributed by atoms with E-state index in [0.717, 1.165) is 10.5 Å². The summed E-state index contributed by atoms with van der Waals surface area (Å²) < 4.78 is 13.2. The van der Waals surface area contributed by atoms with Crippen LogP contribution in [0.15, 0.2) is 47.4 Å². The lowest BCUT2D eigenvalue weighted by Crippen LogP contribution is -2.21. The number of carbonyl (C=O) groups excluding carboxylic acids is 1. The zero-order chi connectivity index (χ0) is 14.1. The van der Waals surface area contributed by atoms with Crippen LogP contribution >= 0.6 is 11.8 Å². The van der Waals surface area contributed by atoms with E-state index in [0.29, 0.717) is 17.1 Å². The van der Waals surface area contributed by atoms with Crippen molar-refractivity contribution < 1.29 is 9.18 Å². The van der Waals surface area contributed by atoms with E-state index in [1.165, 1.54) is 18.2 Å². The van der Waals surface area contributed by atoms with Crippen LogP contribution in [0.3, 0.4) is 0 Å². The van der Waals surface area contributed by atoms with Gasteiger partial charge >= 0.3 is 0 Å². The average Bonchev–Trinajstić information content (AvgIpc) is 2.87. The number of fused-ring (bicyclic) bond motifs is 1. The SMILES string of the molecule is Nc1ccc(F)cc1NC(=O)C1CSc2ccccc21. The maximum absolute atomic E-state index is 13.2. The Morgan fingerprint density at radius 2 is 2.10 bits per heavy atom. The first-order valence-corrected chi connectivity index (χ1v) is 7.21. The molecule has 0 bridgehead atoms. The molecule has 0 fully saturated rings. The molecule has 0 saturated heterocycles. The third kappa shape index (κ3) is 2.36. The monoisotopic (exact) mass is 288 g/mol. The first kappa shape index (κ1) is 13.0. The molecule has 2 aromatic rings. The molecule has 1 aliphatic heterocycles. The van der Waals surface area contributed by atoms with E-state index in [9.17, 15) is 9.18 Å². The van der Waals surface area contributed by atoms with Crippen molar-refractivity contribution in [3.8, 4) is 0 Å². The van der Waals surface area contributed by atoms with E-state index >= 15 is 0 Å². The summed E-state index contributed by atoms with van der Waals surface area (Å²) in [4.78, 5) is 13.5. The lowest BCUT2D eigenvalue weighted by molar-refractivity contribution is -0.117. The third-order valence-electron chi connectivity index (χ3n) is 3.29. The molecule has 0 radical (unpaired) electrons. The number of carbonyl (C=O) groups is 1. The van der Waals surface area contributed by atoms with Gasteiger partial charge in [0.1, 0.15) is 5.82 Å². The molecule has 3 N–H and O–H groups in total. The summed E-state index contributed by atoms with van der Waals surface area (Å²) in [5, 5.41) is 2.72. The summed E-state index contributed by atoms with van der Waals surface area (Å²) in [5.74, 6) is -0.102. The van der Waals surface area contributed by atoms with Crippen LogP contribution in [0.1, 0.15) is 11.5 Å². The highest BCUT2D eigenvalue weighted by atomic mass is 32.2. The summed E-state index contributed by atoms with van der Waals surface area (Å²) >= 11 is 1.66. The molecule has 5 heteroatoms. The molecule has 0 aromatic heterocycles. The Bertz CT molecular complexity index is 675. The van der Waals surface area contributed by atoms with Gasteiger partial charge in [-0.05, 0) is 29.8 Å². The van der Waals surface area contributed by atoms with Crippen LogP contribution in [0.5, 0.6) is 0 Å². The van der Waals surface area contributed by atoms with Crippen molar-refractivity contribution >= 4 is 29.0 Å². The number of amides is 1. The molecule has 2 aromatic carbocycles. The molecule has 1 aliphatic rings. The van der Waals surface area contributed by atoms with Crippen molar-refractivity contribution in [3.63, 3.8) is 0 Å². The van der Waals surface area contributed by atoms with Crippen LogP contribution in [0.4, 0.5) is 15.8 Å². The normalized spacial score (nSPS) is 16.8. The largest absolute Gasteiger partial charge is 0.397 e. The van der Waals surface area contributed by atoms with E-state index in [4.69, 9.17) is 5.73 Å². The Balaban J connectivity index is 1.83. The second-order valence-corrected chi connectivity index (χ2v) is 5.68. The van der Waals surface area contributed by atoms with Crippen molar-refractivity contribution in [2.24, 2.45) is 0 Å². The van der Waals surface area contributed by atoms with Crippen molar-refractivity contribution in [2.75, 3.05) is 16.8 Å². The van der Waals surface area contributed by atoms with E-state index in [2.05, 4.69) is 5.32 Å². The van der Waals surface area contributed by atoms with Gasteiger partial charge in [0.25, 0.3) is 0 Å². The minimum absolute atomic E-state index is 0.153. The molecule has 20 heavy (non-hydrogen) atoms. The number of anilines is 2. The van der Waals surface area contributed by atoms with Crippen molar-refractivity contribution in [3.05, 3.63) is 53.8 Å². The number of hydrogen-bond donors (Lipinski definition) is 2. The highest BCUT2D eigenvalue weighted by molar-refractivity contribution is 7.99. The molecule has 1 atom stereocenters. The van der Waals surface area contributed by atoms with Gasteiger partial charge in [-0.15, -0.1) is 11.8 Å². The number of nitrogens with two attached hydrogens (primary N) is 1. The fourth-order valence-electron chi connectivity index (χ4n) is 2.24. The molecule has 0 saturated carbocycles. The van der Waals surface area contributed by atoms with Crippen molar-refractivity contribution in [2.45, 2.75) is 10.8 Å². The quantitative estimate of drug-likeness (QED) is 0.834. The molecule has 1 heterocycles. The summed E-state index contributed by atoms with van der Waals surface area (Å²) in [6, 6.07) is 11.8. The Labute approximate surface area is 120 Å². The fraction of sp³-hybridized carbons (Fsp3) is 0.133. The molecule has 3 nitrogen and oxygen atoms in total. The van der Waals surface area contributed by atoms with Crippen LogP contribution in [0.25, 0.3) is 0 Å². The second-order valence-electron chi connectivity index (χ2n) is 4.62. The Morgan fingerprint density at radius 1 is 1.30 bits per heavy atom. The minimum Gasteiger partial charge on any atom is -0.397 e. The number of rotatable bonds is 2. The van der Waals surface area contributed by atoms with Gasteiger partial charge in [-0.2, -0.15) is 0 Å². The van der Waals surface area contributed by atoms with E-state index < -0.39 is 5.82 Å². The van der Waals surface area contributed by atoms with Crippen LogP contribution in [-0.4, -0.2) is 11.7 Å². The Kier molecular flexibility index (Phi) is 3.36. The zero-order valence-electron chi connectivity index (χ0n) is 10.6.